The van der Waals surface area contributed by atoms with E-state index in [4.69, 9.17) is 0 Å². The highest BCUT2D eigenvalue weighted by Crippen LogP contribution is 2.31. The molecule has 1 nitrogen and oxygen atoms in total. The minimum atomic E-state index is -0.179. The highest BCUT2D eigenvalue weighted by molar-refractivity contribution is 6.08. The number of rotatable bonds is 1. The molecule has 0 saturated carbocycles. The van der Waals surface area contributed by atoms with Crippen LogP contribution < -0.4 is 0 Å². The molecule has 86 valence electrons. The van der Waals surface area contributed by atoms with E-state index in [0.717, 1.165) is 10.9 Å². The van der Waals surface area contributed by atoms with Crippen molar-refractivity contribution in [2.24, 2.45) is 0 Å². The molecule has 3 rings (SSSR count). The molecule has 1 heterocycles. The van der Waals surface area contributed by atoms with Crippen molar-refractivity contribution >= 4 is 21.8 Å². The van der Waals surface area contributed by atoms with Gasteiger partial charge in [-0.2, -0.15) is 0 Å². The van der Waals surface area contributed by atoms with E-state index in [2.05, 4.69) is 30.5 Å². The van der Waals surface area contributed by atoms with E-state index in [-0.39, 0.29) is 5.82 Å². The SMILES string of the molecule is CC(C)n1c2ccccc2c2ccc(F)cc21. The van der Waals surface area contributed by atoms with Crippen molar-refractivity contribution < 1.29 is 4.39 Å². The second-order valence-corrected chi connectivity index (χ2v) is 4.64. The van der Waals surface area contributed by atoms with E-state index >= 15 is 0 Å². The second-order valence-electron chi connectivity index (χ2n) is 4.64. The Kier molecular flexibility index (Phi) is 2.18. The summed E-state index contributed by atoms with van der Waals surface area (Å²) in [5.74, 6) is -0.179. The molecule has 0 spiro atoms. The van der Waals surface area contributed by atoms with Gasteiger partial charge in [-0.25, -0.2) is 4.39 Å². The van der Waals surface area contributed by atoms with Crippen LogP contribution in [0.4, 0.5) is 4.39 Å². The highest BCUT2D eigenvalue weighted by atomic mass is 19.1. The first kappa shape index (κ1) is 10.3. The monoisotopic (exact) mass is 227 g/mol. The molecule has 0 unspecified atom stereocenters. The molecular weight excluding hydrogens is 213 g/mol. The summed E-state index contributed by atoms with van der Waals surface area (Å²) in [7, 11) is 0. The van der Waals surface area contributed by atoms with Gasteiger partial charge in [-0.05, 0) is 38.1 Å². The molecule has 3 aromatic rings. The zero-order chi connectivity index (χ0) is 12.0. The molecule has 0 radical (unpaired) electrons. The molecule has 0 aliphatic heterocycles. The number of hydrogen-bond acceptors (Lipinski definition) is 0. The van der Waals surface area contributed by atoms with E-state index in [9.17, 15) is 4.39 Å². The molecular formula is C15H14FN. The minimum absolute atomic E-state index is 0.179. The lowest BCUT2D eigenvalue weighted by molar-refractivity contribution is 0.620. The van der Waals surface area contributed by atoms with Crippen LogP contribution in [0, 0.1) is 5.82 Å². The number of aromatic nitrogens is 1. The van der Waals surface area contributed by atoms with Gasteiger partial charge in [0.2, 0.25) is 0 Å². The summed E-state index contributed by atoms with van der Waals surface area (Å²) in [6.07, 6.45) is 0. The Morgan fingerprint density at radius 1 is 0.941 bits per heavy atom. The van der Waals surface area contributed by atoms with Crippen molar-refractivity contribution in [2.75, 3.05) is 0 Å². The zero-order valence-electron chi connectivity index (χ0n) is 9.94. The topological polar surface area (TPSA) is 4.93 Å². The Labute approximate surface area is 99.5 Å². The van der Waals surface area contributed by atoms with Crippen LogP contribution in [0.25, 0.3) is 21.8 Å². The van der Waals surface area contributed by atoms with Crippen LogP contribution in [0.3, 0.4) is 0 Å². The molecule has 0 atom stereocenters. The molecule has 0 aliphatic carbocycles. The van der Waals surface area contributed by atoms with Gasteiger partial charge >= 0.3 is 0 Å². The lowest BCUT2D eigenvalue weighted by atomic mass is 10.1. The highest BCUT2D eigenvalue weighted by Gasteiger charge is 2.12. The van der Waals surface area contributed by atoms with Gasteiger partial charge in [0.15, 0.2) is 0 Å². The van der Waals surface area contributed by atoms with Gasteiger partial charge in [0, 0.05) is 22.3 Å². The van der Waals surface area contributed by atoms with Crippen LogP contribution in [0.5, 0.6) is 0 Å². The van der Waals surface area contributed by atoms with E-state index in [1.807, 2.05) is 18.2 Å². The molecule has 0 fully saturated rings. The maximum atomic E-state index is 13.4. The fourth-order valence-corrected chi connectivity index (χ4v) is 2.53. The van der Waals surface area contributed by atoms with Crippen LogP contribution in [0.15, 0.2) is 42.5 Å². The third-order valence-corrected chi connectivity index (χ3v) is 3.19. The number of benzene rings is 2. The van der Waals surface area contributed by atoms with Gasteiger partial charge in [-0.1, -0.05) is 18.2 Å². The van der Waals surface area contributed by atoms with Crippen molar-refractivity contribution in [1.82, 2.24) is 4.57 Å². The van der Waals surface area contributed by atoms with Crippen molar-refractivity contribution in [2.45, 2.75) is 19.9 Å². The number of para-hydroxylation sites is 1. The third kappa shape index (κ3) is 1.44. The smallest absolute Gasteiger partial charge is 0.125 e. The molecule has 1 aromatic heterocycles. The zero-order valence-corrected chi connectivity index (χ0v) is 9.94. The van der Waals surface area contributed by atoms with Crippen LogP contribution in [0.2, 0.25) is 0 Å². The van der Waals surface area contributed by atoms with E-state index in [1.165, 1.54) is 17.0 Å². The molecule has 17 heavy (non-hydrogen) atoms. The molecule has 0 bridgehead atoms. The lowest BCUT2D eigenvalue weighted by Gasteiger charge is -2.11. The fraction of sp³-hybridized carbons (Fsp3) is 0.200. The first-order valence-corrected chi connectivity index (χ1v) is 5.86. The number of hydrogen-bond donors (Lipinski definition) is 0. The molecule has 0 saturated heterocycles. The average molecular weight is 227 g/mol. The van der Waals surface area contributed by atoms with Gasteiger partial charge in [-0.15, -0.1) is 0 Å². The quantitative estimate of drug-likeness (QED) is 0.576. The van der Waals surface area contributed by atoms with Crippen LogP contribution in [-0.2, 0) is 0 Å². The Hall–Kier alpha value is -1.83. The summed E-state index contributed by atoms with van der Waals surface area (Å²) in [5, 5.41) is 2.31. The summed E-state index contributed by atoms with van der Waals surface area (Å²) in [4.78, 5) is 0. The number of fused-ring (bicyclic) bond motifs is 3. The summed E-state index contributed by atoms with van der Waals surface area (Å²) in [6.45, 7) is 4.24. The van der Waals surface area contributed by atoms with Gasteiger partial charge in [-0.3, -0.25) is 0 Å². The minimum Gasteiger partial charge on any atom is -0.338 e. The molecule has 0 N–H and O–H groups in total. The Morgan fingerprint density at radius 2 is 1.65 bits per heavy atom. The van der Waals surface area contributed by atoms with Crippen LogP contribution in [-0.4, -0.2) is 4.57 Å². The van der Waals surface area contributed by atoms with Crippen molar-refractivity contribution in [3.8, 4) is 0 Å². The third-order valence-electron chi connectivity index (χ3n) is 3.19. The summed E-state index contributed by atoms with van der Waals surface area (Å²) in [5.41, 5.74) is 2.14. The second kappa shape index (κ2) is 3.59. The van der Waals surface area contributed by atoms with E-state index in [0.29, 0.717) is 6.04 Å². The maximum Gasteiger partial charge on any atom is 0.125 e. The normalized spacial score (nSPS) is 11.8. The van der Waals surface area contributed by atoms with Gasteiger partial charge in [0.05, 0.1) is 5.52 Å². The van der Waals surface area contributed by atoms with Crippen LogP contribution >= 0.6 is 0 Å². The van der Waals surface area contributed by atoms with Crippen molar-refractivity contribution in [3.05, 3.63) is 48.3 Å². The molecule has 0 amide bonds. The van der Waals surface area contributed by atoms with Crippen LogP contribution in [0.1, 0.15) is 19.9 Å². The lowest BCUT2D eigenvalue weighted by Crippen LogP contribution is -1.99. The predicted molar refractivity (Wildman–Crippen MR) is 69.8 cm³/mol. The largest absolute Gasteiger partial charge is 0.338 e. The summed E-state index contributed by atoms with van der Waals surface area (Å²) < 4.78 is 15.6. The predicted octanol–water partition coefficient (Wildman–Crippen LogP) is 4.51. The molecule has 2 aromatic carbocycles. The van der Waals surface area contributed by atoms with E-state index < -0.39 is 0 Å². The summed E-state index contributed by atoms with van der Waals surface area (Å²) in [6, 6.07) is 13.6. The average Bonchev–Trinajstić information content (AvgIpc) is 2.62. The number of halogens is 1. The number of nitrogens with zero attached hydrogens (tertiary/aromatic N) is 1. The van der Waals surface area contributed by atoms with Gasteiger partial charge < -0.3 is 4.57 Å². The maximum absolute atomic E-state index is 13.4. The first-order chi connectivity index (χ1) is 8.18. The first-order valence-electron chi connectivity index (χ1n) is 5.86. The Bertz CT molecular complexity index is 695. The van der Waals surface area contributed by atoms with Gasteiger partial charge in [0.1, 0.15) is 5.82 Å². The van der Waals surface area contributed by atoms with Crippen molar-refractivity contribution in [1.29, 1.82) is 0 Å². The standard InChI is InChI=1S/C15H14FN/c1-10(2)17-14-6-4-3-5-12(14)13-8-7-11(16)9-15(13)17/h3-10H,1-2H3. The Morgan fingerprint density at radius 3 is 2.41 bits per heavy atom. The molecule has 2 heteroatoms. The van der Waals surface area contributed by atoms with E-state index in [1.54, 1.807) is 6.07 Å². The summed E-state index contributed by atoms with van der Waals surface area (Å²) >= 11 is 0. The van der Waals surface area contributed by atoms with Crippen molar-refractivity contribution in [3.63, 3.8) is 0 Å². The Balaban J connectivity index is 2.57. The molecule has 0 aliphatic rings. The fourth-order valence-electron chi connectivity index (χ4n) is 2.53. The van der Waals surface area contributed by atoms with Gasteiger partial charge in [0.25, 0.3) is 0 Å².